The van der Waals surface area contributed by atoms with Gasteiger partial charge in [-0.25, -0.2) is 0 Å². The summed E-state index contributed by atoms with van der Waals surface area (Å²) >= 11 is 0. The first-order valence-corrected chi connectivity index (χ1v) is 8.30. The standard InChI is InChI=1S/C20H30O/c1-6-15(2)8-10-17-16(3)9-11-18-19(4,14-21)12-7-13-20(17,18)5/h6,8,14,17-18H,1,3,7,9-13H2,2,4-5H3/b15-8-/t17-,18-,19-,20+/m0/s1. The molecule has 0 radical (unpaired) electrons. The van der Waals surface area contributed by atoms with Crippen molar-refractivity contribution in [3.05, 3.63) is 36.5 Å². The maximum absolute atomic E-state index is 11.7. The average molecular weight is 286 g/mol. The van der Waals surface area contributed by atoms with Gasteiger partial charge in [-0.15, -0.1) is 0 Å². The van der Waals surface area contributed by atoms with Crippen LogP contribution in [-0.2, 0) is 4.79 Å². The molecule has 0 saturated heterocycles. The maximum atomic E-state index is 11.7. The van der Waals surface area contributed by atoms with Crippen LogP contribution in [-0.4, -0.2) is 6.29 Å². The summed E-state index contributed by atoms with van der Waals surface area (Å²) in [5.74, 6) is 1.01. The quantitative estimate of drug-likeness (QED) is 0.379. The summed E-state index contributed by atoms with van der Waals surface area (Å²) in [6.07, 6.45) is 12.1. The van der Waals surface area contributed by atoms with Crippen molar-refractivity contribution in [3.63, 3.8) is 0 Å². The Hall–Kier alpha value is -1.11. The van der Waals surface area contributed by atoms with Crippen LogP contribution in [0.4, 0.5) is 0 Å². The molecule has 0 N–H and O–H groups in total. The second-order valence-corrected chi connectivity index (χ2v) is 7.67. The summed E-state index contributed by atoms with van der Waals surface area (Å²) in [6, 6.07) is 0. The highest BCUT2D eigenvalue weighted by Crippen LogP contribution is 2.61. The molecule has 0 spiro atoms. The first-order valence-electron chi connectivity index (χ1n) is 8.30. The van der Waals surface area contributed by atoms with Gasteiger partial charge in [0.15, 0.2) is 0 Å². The lowest BCUT2D eigenvalue weighted by molar-refractivity contribution is -0.130. The molecule has 1 heteroatoms. The zero-order valence-corrected chi connectivity index (χ0v) is 14.0. The Bertz CT molecular complexity index is 472. The molecule has 2 saturated carbocycles. The number of rotatable bonds is 4. The highest BCUT2D eigenvalue weighted by atomic mass is 16.1. The van der Waals surface area contributed by atoms with Gasteiger partial charge in [-0.3, -0.25) is 0 Å². The van der Waals surface area contributed by atoms with Gasteiger partial charge in [0.25, 0.3) is 0 Å². The lowest BCUT2D eigenvalue weighted by Crippen LogP contribution is -2.51. The highest BCUT2D eigenvalue weighted by molar-refractivity contribution is 5.60. The van der Waals surface area contributed by atoms with Crippen LogP contribution in [0.15, 0.2) is 36.5 Å². The third-order valence-electron chi connectivity index (χ3n) is 6.33. The van der Waals surface area contributed by atoms with E-state index >= 15 is 0 Å². The monoisotopic (exact) mass is 286 g/mol. The third-order valence-corrected chi connectivity index (χ3v) is 6.33. The van der Waals surface area contributed by atoms with Gasteiger partial charge in [-0.2, -0.15) is 0 Å². The Kier molecular flexibility index (Phi) is 4.60. The molecule has 0 bridgehead atoms. The molecule has 0 aliphatic heterocycles. The third kappa shape index (κ3) is 2.80. The Morgan fingerprint density at radius 1 is 1.38 bits per heavy atom. The Morgan fingerprint density at radius 2 is 2.10 bits per heavy atom. The molecule has 0 aromatic rings. The van der Waals surface area contributed by atoms with E-state index in [1.54, 1.807) is 0 Å². The highest BCUT2D eigenvalue weighted by Gasteiger charge is 2.54. The zero-order chi connectivity index (χ0) is 15.7. The number of aldehydes is 1. The molecule has 0 heterocycles. The second-order valence-electron chi connectivity index (χ2n) is 7.67. The Balaban J connectivity index is 2.33. The van der Waals surface area contributed by atoms with Gasteiger partial charge < -0.3 is 4.79 Å². The number of carbonyl (C=O) groups is 1. The SMILES string of the molecule is C=C/C(C)=C\C[C@H]1C(=C)CC[C@@H]2[C@]1(C)CCC[C@@]2(C)C=O. The first kappa shape index (κ1) is 16.3. The van der Waals surface area contributed by atoms with E-state index in [4.69, 9.17) is 0 Å². The zero-order valence-electron chi connectivity index (χ0n) is 14.0. The molecule has 0 aromatic carbocycles. The van der Waals surface area contributed by atoms with Crippen LogP contribution < -0.4 is 0 Å². The van der Waals surface area contributed by atoms with Crippen LogP contribution in [0.1, 0.15) is 59.3 Å². The van der Waals surface area contributed by atoms with E-state index in [1.165, 1.54) is 23.9 Å². The van der Waals surface area contributed by atoms with Crippen molar-refractivity contribution in [3.8, 4) is 0 Å². The van der Waals surface area contributed by atoms with E-state index in [9.17, 15) is 4.79 Å². The molecule has 2 fully saturated rings. The Labute approximate surface area is 130 Å². The van der Waals surface area contributed by atoms with Crippen LogP contribution in [0.2, 0.25) is 0 Å². The summed E-state index contributed by atoms with van der Waals surface area (Å²) in [7, 11) is 0. The molecular weight excluding hydrogens is 256 g/mol. The van der Waals surface area contributed by atoms with Gasteiger partial charge in [0.2, 0.25) is 0 Å². The molecular formula is C20H30O. The van der Waals surface area contributed by atoms with Crippen LogP contribution in [0.25, 0.3) is 0 Å². The van der Waals surface area contributed by atoms with E-state index in [1.807, 2.05) is 6.08 Å². The van der Waals surface area contributed by atoms with Crippen LogP contribution in [0.5, 0.6) is 0 Å². The molecule has 2 rings (SSSR count). The van der Waals surface area contributed by atoms with Crippen molar-refractivity contribution in [1.82, 2.24) is 0 Å². The fourth-order valence-corrected chi connectivity index (χ4v) is 4.96. The lowest BCUT2D eigenvalue weighted by Gasteiger charge is -2.57. The van der Waals surface area contributed by atoms with Gasteiger partial charge in [0, 0.05) is 5.41 Å². The molecule has 0 aromatic heterocycles. The van der Waals surface area contributed by atoms with E-state index in [2.05, 4.69) is 40.0 Å². The number of allylic oxidation sites excluding steroid dienone is 4. The fourth-order valence-electron chi connectivity index (χ4n) is 4.96. The number of fused-ring (bicyclic) bond motifs is 1. The van der Waals surface area contributed by atoms with Gasteiger partial charge in [-0.05, 0) is 56.3 Å². The normalized spacial score (nSPS) is 40.5. The van der Waals surface area contributed by atoms with Crippen molar-refractivity contribution in [2.24, 2.45) is 22.7 Å². The fraction of sp³-hybridized carbons (Fsp3) is 0.650. The van der Waals surface area contributed by atoms with Crippen molar-refractivity contribution in [2.45, 2.75) is 59.3 Å². The van der Waals surface area contributed by atoms with Gasteiger partial charge >= 0.3 is 0 Å². The molecule has 2 aliphatic rings. The van der Waals surface area contributed by atoms with Crippen LogP contribution >= 0.6 is 0 Å². The smallest absolute Gasteiger partial charge is 0.126 e. The summed E-state index contributed by atoms with van der Waals surface area (Å²) in [6.45, 7) is 14.9. The Morgan fingerprint density at radius 3 is 2.71 bits per heavy atom. The van der Waals surface area contributed by atoms with E-state index in [0.29, 0.717) is 11.8 Å². The molecule has 2 aliphatic carbocycles. The number of carbonyl (C=O) groups excluding carboxylic acids is 1. The van der Waals surface area contributed by atoms with Crippen LogP contribution in [0, 0.1) is 22.7 Å². The van der Waals surface area contributed by atoms with Crippen molar-refractivity contribution in [1.29, 1.82) is 0 Å². The van der Waals surface area contributed by atoms with Crippen molar-refractivity contribution >= 4 is 6.29 Å². The topological polar surface area (TPSA) is 17.1 Å². The van der Waals surface area contributed by atoms with Crippen molar-refractivity contribution < 1.29 is 4.79 Å². The molecule has 0 amide bonds. The molecule has 0 unspecified atom stereocenters. The van der Waals surface area contributed by atoms with Crippen molar-refractivity contribution in [2.75, 3.05) is 0 Å². The summed E-state index contributed by atoms with van der Waals surface area (Å²) in [5.41, 5.74) is 2.71. The van der Waals surface area contributed by atoms with Gasteiger partial charge in [0.1, 0.15) is 6.29 Å². The number of hydrogen-bond acceptors (Lipinski definition) is 1. The maximum Gasteiger partial charge on any atom is 0.126 e. The average Bonchev–Trinajstić information content (AvgIpc) is 2.45. The summed E-state index contributed by atoms with van der Waals surface area (Å²) < 4.78 is 0. The minimum absolute atomic E-state index is 0.136. The largest absolute Gasteiger partial charge is 0.303 e. The molecule has 116 valence electrons. The van der Waals surface area contributed by atoms with E-state index in [-0.39, 0.29) is 10.8 Å². The minimum atomic E-state index is -0.136. The van der Waals surface area contributed by atoms with Gasteiger partial charge in [-0.1, -0.05) is 56.7 Å². The van der Waals surface area contributed by atoms with Crippen LogP contribution in [0.3, 0.4) is 0 Å². The van der Waals surface area contributed by atoms with Gasteiger partial charge in [0.05, 0.1) is 0 Å². The minimum Gasteiger partial charge on any atom is -0.303 e. The van der Waals surface area contributed by atoms with E-state index < -0.39 is 0 Å². The van der Waals surface area contributed by atoms with E-state index in [0.717, 1.165) is 32.1 Å². The second kappa shape index (κ2) is 5.94. The predicted octanol–water partition coefficient (Wildman–Crippen LogP) is 5.49. The summed E-state index contributed by atoms with van der Waals surface area (Å²) in [4.78, 5) is 11.7. The molecule has 21 heavy (non-hydrogen) atoms. The number of hydrogen-bond donors (Lipinski definition) is 0. The molecule has 1 nitrogen and oxygen atoms in total. The first-order chi connectivity index (χ1) is 9.87. The molecule has 4 atom stereocenters. The lowest BCUT2D eigenvalue weighted by atomic mass is 9.47. The summed E-state index contributed by atoms with van der Waals surface area (Å²) in [5, 5.41) is 0. The predicted molar refractivity (Wildman–Crippen MR) is 90.1 cm³/mol.